The fraction of sp³-hybridized carbons (Fsp3) is 0.514. The number of carbonyl (C=O) groups excluding carboxylic acids is 1. The van der Waals surface area contributed by atoms with Gasteiger partial charge in [0.25, 0.3) is 0 Å². The molecule has 1 aromatic heterocycles. The smallest absolute Gasteiger partial charge is 0.222 e. The van der Waals surface area contributed by atoms with Gasteiger partial charge in [-0.25, -0.2) is 0 Å². The molecule has 2 fully saturated rings. The van der Waals surface area contributed by atoms with Crippen LogP contribution < -0.4 is 4.74 Å². The monoisotopic (exact) mass is 680 g/mol. The molecule has 0 radical (unpaired) electrons. The summed E-state index contributed by atoms with van der Waals surface area (Å²) >= 11 is 1.67. The second-order valence-corrected chi connectivity index (χ2v) is 14.0. The van der Waals surface area contributed by atoms with Gasteiger partial charge in [0.15, 0.2) is 0 Å². The maximum atomic E-state index is 12.6. The van der Waals surface area contributed by atoms with Crippen LogP contribution in [0.4, 0.5) is 0 Å². The molecule has 3 aromatic rings. The summed E-state index contributed by atoms with van der Waals surface area (Å²) in [6.45, 7) is 1.65. The largest absolute Gasteiger partial charge is 0.490 e. The maximum absolute atomic E-state index is 12.6. The number of thioether (sulfide) groups is 1. The van der Waals surface area contributed by atoms with Crippen LogP contribution in [0.2, 0.25) is 0 Å². The van der Waals surface area contributed by atoms with Crippen molar-refractivity contribution in [1.82, 2.24) is 9.88 Å². The fourth-order valence-electron chi connectivity index (χ4n) is 5.80. The number of hydrogen-bond donors (Lipinski definition) is 5. The number of aryl methyl sites for hydroxylation is 1. The van der Waals surface area contributed by atoms with Gasteiger partial charge in [0, 0.05) is 48.4 Å². The molecular formula is C37H48N2O8S. The lowest BCUT2D eigenvalue weighted by molar-refractivity contribution is -0.138. The zero-order valence-electron chi connectivity index (χ0n) is 27.7. The average Bonchev–Trinajstić information content (AvgIpc) is 4.06. The SMILES string of the molecule is CCc1ccc(SCCCC(=O)N(C)C[C@H](O)[C@@H](O)[C@H](O)[C@H](O)CO)cc1COC1(c2cnccc2-c2ccccc2OC2CC2)CC1. The van der Waals surface area contributed by atoms with Crippen LogP contribution in [0.25, 0.3) is 11.1 Å². The lowest BCUT2D eigenvalue weighted by atomic mass is 9.96. The molecule has 0 saturated heterocycles. The molecule has 0 aliphatic heterocycles. The first-order chi connectivity index (χ1) is 23.2. The summed E-state index contributed by atoms with van der Waals surface area (Å²) in [7, 11) is 1.51. The van der Waals surface area contributed by atoms with E-state index in [0.29, 0.717) is 24.9 Å². The number of ether oxygens (including phenoxy) is 2. The Labute approximate surface area is 286 Å². The number of aromatic nitrogens is 1. The van der Waals surface area contributed by atoms with E-state index in [1.807, 2.05) is 30.6 Å². The molecule has 2 saturated carbocycles. The topological polar surface area (TPSA) is 153 Å². The highest BCUT2D eigenvalue weighted by molar-refractivity contribution is 7.99. The number of nitrogens with zero attached hydrogens (tertiary/aromatic N) is 2. The molecule has 1 amide bonds. The van der Waals surface area contributed by atoms with E-state index in [0.717, 1.165) is 65.0 Å². The van der Waals surface area contributed by atoms with Crippen LogP contribution in [-0.2, 0) is 28.2 Å². The number of amides is 1. The van der Waals surface area contributed by atoms with Gasteiger partial charge in [-0.15, -0.1) is 11.8 Å². The molecule has 5 rings (SSSR count). The van der Waals surface area contributed by atoms with E-state index in [2.05, 4.69) is 42.2 Å². The van der Waals surface area contributed by atoms with Gasteiger partial charge in [0.1, 0.15) is 30.2 Å². The number of rotatable bonds is 19. The highest BCUT2D eigenvalue weighted by Gasteiger charge is 2.48. The molecule has 4 atom stereocenters. The van der Waals surface area contributed by atoms with Crippen molar-refractivity contribution < 1.29 is 39.8 Å². The van der Waals surface area contributed by atoms with Crippen molar-refractivity contribution >= 4 is 17.7 Å². The van der Waals surface area contributed by atoms with Crippen LogP contribution in [0.5, 0.6) is 5.75 Å². The zero-order chi connectivity index (χ0) is 34.3. The van der Waals surface area contributed by atoms with E-state index in [4.69, 9.17) is 14.6 Å². The molecule has 2 aromatic carbocycles. The van der Waals surface area contributed by atoms with Crippen molar-refractivity contribution in [2.45, 2.75) is 99.5 Å². The molecule has 0 bridgehead atoms. The number of benzene rings is 2. The van der Waals surface area contributed by atoms with Crippen LogP contribution in [0.3, 0.4) is 0 Å². The normalized spacial score (nSPS) is 17.7. The number of likely N-dealkylation sites (N-methyl/N-ethyl adjacent to an activating group) is 1. The summed E-state index contributed by atoms with van der Waals surface area (Å²) in [6.07, 6.45) is 3.38. The highest BCUT2D eigenvalue weighted by Crippen LogP contribution is 2.53. The molecular weight excluding hydrogens is 632 g/mol. The number of aliphatic hydroxyl groups is 5. The minimum absolute atomic E-state index is 0.208. The van der Waals surface area contributed by atoms with Crippen molar-refractivity contribution in [1.29, 1.82) is 0 Å². The molecule has 48 heavy (non-hydrogen) atoms. The molecule has 0 unspecified atom stereocenters. The van der Waals surface area contributed by atoms with Crippen molar-refractivity contribution in [3.63, 3.8) is 0 Å². The van der Waals surface area contributed by atoms with Gasteiger partial charge in [0.2, 0.25) is 5.91 Å². The Morgan fingerprint density at radius 1 is 1.02 bits per heavy atom. The predicted octanol–water partition coefficient (Wildman–Crippen LogP) is 3.82. The summed E-state index contributed by atoms with van der Waals surface area (Å²) in [5.41, 5.74) is 5.25. The van der Waals surface area contributed by atoms with Crippen LogP contribution in [0.15, 0.2) is 65.8 Å². The Morgan fingerprint density at radius 3 is 2.48 bits per heavy atom. The van der Waals surface area contributed by atoms with Crippen LogP contribution >= 0.6 is 11.8 Å². The third-order valence-electron chi connectivity index (χ3n) is 9.09. The maximum Gasteiger partial charge on any atom is 0.222 e. The van der Waals surface area contributed by atoms with Crippen LogP contribution in [-0.4, -0.2) is 97.8 Å². The molecule has 1 heterocycles. The van der Waals surface area contributed by atoms with Gasteiger partial charge in [-0.1, -0.05) is 31.2 Å². The molecule has 2 aliphatic carbocycles. The molecule has 11 heteroatoms. The molecule has 260 valence electrons. The Kier molecular flexibility index (Phi) is 12.5. The summed E-state index contributed by atoms with van der Waals surface area (Å²) in [5.74, 6) is 1.41. The van der Waals surface area contributed by atoms with Gasteiger partial charge in [-0.05, 0) is 85.2 Å². The third kappa shape index (κ3) is 9.15. The van der Waals surface area contributed by atoms with E-state index in [1.165, 1.54) is 17.5 Å². The highest BCUT2D eigenvalue weighted by atomic mass is 32.2. The first-order valence-electron chi connectivity index (χ1n) is 16.8. The molecule has 5 N–H and O–H groups in total. The summed E-state index contributed by atoms with van der Waals surface area (Å²) in [6, 6.07) is 16.7. The second kappa shape index (κ2) is 16.6. The third-order valence-corrected chi connectivity index (χ3v) is 10.2. The van der Waals surface area contributed by atoms with Gasteiger partial charge in [0.05, 0.1) is 24.9 Å². The summed E-state index contributed by atoms with van der Waals surface area (Å²) in [5, 5.41) is 48.5. The Bertz CT molecular complexity index is 1510. The zero-order valence-corrected chi connectivity index (χ0v) is 28.5. The van der Waals surface area contributed by atoms with Gasteiger partial charge >= 0.3 is 0 Å². The van der Waals surface area contributed by atoms with Gasteiger partial charge < -0.3 is 39.9 Å². The van der Waals surface area contributed by atoms with Crippen molar-refractivity contribution in [2.75, 3.05) is 26.0 Å². The number of aliphatic hydroxyl groups excluding tert-OH is 5. The Balaban J connectivity index is 1.16. The lowest BCUT2D eigenvalue weighted by Gasteiger charge is -2.28. The van der Waals surface area contributed by atoms with Crippen molar-refractivity contribution in [2.24, 2.45) is 0 Å². The van der Waals surface area contributed by atoms with E-state index >= 15 is 0 Å². The fourth-order valence-corrected chi connectivity index (χ4v) is 6.71. The number of carbonyl (C=O) groups is 1. The van der Waals surface area contributed by atoms with E-state index in [9.17, 15) is 25.2 Å². The number of hydrogen-bond acceptors (Lipinski definition) is 10. The van der Waals surface area contributed by atoms with Gasteiger partial charge in [-0.2, -0.15) is 0 Å². The predicted molar refractivity (Wildman–Crippen MR) is 184 cm³/mol. The quantitative estimate of drug-likeness (QED) is 0.0933. The molecule has 10 nitrogen and oxygen atoms in total. The first-order valence-corrected chi connectivity index (χ1v) is 17.8. The van der Waals surface area contributed by atoms with Crippen molar-refractivity contribution in [3.8, 4) is 16.9 Å². The standard InChI is InChI=1S/C37H48N2O8S/c1-3-24-10-13-27(48-18-6-9-34(43)39(2)21-31(41)35(44)36(45)32(42)22-40)19-25(24)23-46-37(15-16-37)30-20-38-17-14-28(30)29-7-4-5-8-33(29)47-26-11-12-26/h4-5,7-8,10,13-14,17,19-20,26,31-32,35-36,40-42,44-45H,3,6,9,11-12,15-16,18,21-23H2,1-2H3/t31-,32+,35+,36+/m0/s1. The Morgan fingerprint density at radius 2 is 1.77 bits per heavy atom. The first kappa shape index (κ1) is 36.3. The van der Waals surface area contributed by atoms with Crippen LogP contribution in [0.1, 0.15) is 62.1 Å². The molecule has 2 aliphatic rings. The van der Waals surface area contributed by atoms with E-state index in [-0.39, 0.29) is 18.9 Å². The van der Waals surface area contributed by atoms with Crippen molar-refractivity contribution in [3.05, 3.63) is 77.6 Å². The van der Waals surface area contributed by atoms with E-state index in [1.54, 1.807) is 11.8 Å². The summed E-state index contributed by atoms with van der Waals surface area (Å²) in [4.78, 5) is 19.5. The van der Waals surface area contributed by atoms with Crippen LogP contribution in [0, 0.1) is 0 Å². The number of para-hydroxylation sites is 1. The average molecular weight is 681 g/mol. The minimum atomic E-state index is -1.73. The van der Waals surface area contributed by atoms with Gasteiger partial charge in [-0.3, -0.25) is 9.78 Å². The lowest BCUT2D eigenvalue weighted by Crippen LogP contribution is -2.49. The van der Waals surface area contributed by atoms with E-state index < -0.39 is 36.6 Å². The minimum Gasteiger partial charge on any atom is -0.490 e. The Hall–Kier alpha value is -3.03. The molecule has 0 spiro atoms. The summed E-state index contributed by atoms with van der Waals surface area (Å²) < 4.78 is 13.0. The number of pyridine rings is 1. The second-order valence-electron chi connectivity index (χ2n) is 12.8.